The molecule has 98 valence electrons. The van der Waals surface area contributed by atoms with Crippen LogP contribution < -0.4 is 5.73 Å². The Bertz CT molecular complexity index is 420. The largest absolute Gasteiger partial charge is 0.384 e. The number of nitrogens with zero attached hydrogens (tertiary/aromatic N) is 2. The summed E-state index contributed by atoms with van der Waals surface area (Å²) >= 11 is 0. The van der Waals surface area contributed by atoms with E-state index in [9.17, 15) is 4.79 Å². The van der Waals surface area contributed by atoms with Crippen molar-refractivity contribution in [2.45, 2.75) is 33.1 Å². The van der Waals surface area contributed by atoms with Gasteiger partial charge in [-0.05, 0) is 44.2 Å². The van der Waals surface area contributed by atoms with Crippen molar-refractivity contribution in [2.24, 2.45) is 5.92 Å². The summed E-state index contributed by atoms with van der Waals surface area (Å²) in [7, 11) is 0. The van der Waals surface area contributed by atoms with E-state index in [1.54, 1.807) is 6.07 Å². The Kier molecular flexibility index (Phi) is 3.84. The fraction of sp³-hybridized carbons (Fsp3) is 0.571. The lowest BCUT2D eigenvalue weighted by Crippen LogP contribution is -2.33. The Balaban J connectivity index is 2.14. The fourth-order valence-corrected chi connectivity index (χ4v) is 2.16. The first-order valence-corrected chi connectivity index (χ1v) is 6.63. The van der Waals surface area contributed by atoms with E-state index < -0.39 is 0 Å². The minimum atomic E-state index is 0.0842. The number of rotatable bonds is 5. The Morgan fingerprint density at radius 3 is 2.78 bits per heavy atom. The van der Waals surface area contributed by atoms with Crippen LogP contribution in [0.5, 0.6) is 0 Å². The van der Waals surface area contributed by atoms with Gasteiger partial charge in [0, 0.05) is 24.3 Å². The van der Waals surface area contributed by atoms with Crippen molar-refractivity contribution in [1.29, 1.82) is 0 Å². The summed E-state index contributed by atoms with van der Waals surface area (Å²) in [5, 5.41) is 0. The average molecular weight is 247 g/mol. The van der Waals surface area contributed by atoms with E-state index >= 15 is 0 Å². The highest BCUT2D eigenvalue weighted by Gasteiger charge is 2.27. The van der Waals surface area contributed by atoms with Crippen LogP contribution in [0.3, 0.4) is 0 Å². The van der Waals surface area contributed by atoms with Gasteiger partial charge in [-0.2, -0.15) is 0 Å². The van der Waals surface area contributed by atoms with Crippen LogP contribution in [0.2, 0.25) is 0 Å². The molecule has 4 nitrogen and oxygen atoms in total. The third-order valence-electron chi connectivity index (χ3n) is 3.18. The maximum Gasteiger partial charge on any atom is 0.254 e. The molecule has 0 atom stereocenters. The number of carbonyl (C=O) groups excluding carboxylic acids is 1. The van der Waals surface area contributed by atoms with E-state index in [1.165, 1.54) is 12.8 Å². The van der Waals surface area contributed by atoms with E-state index in [2.05, 4.69) is 11.9 Å². The monoisotopic (exact) mass is 247 g/mol. The van der Waals surface area contributed by atoms with Gasteiger partial charge in [-0.25, -0.2) is 4.98 Å². The zero-order valence-corrected chi connectivity index (χ0v) is 11.1. The molecule has 1 heterocycles. The number of amides is 1. The molecule has 18 heavy (non-hydrogen) atoms. The van der Waals surface area contributed by atoms with Crippen LogP contribution in [0.4, 0.5) is 5.82 Å². The molecular formula is C14H21N3O. The van der Waals surface area contributed by atoms with Crippen LogP contribution in [0, 0.1) is 12.8 Å². The van der Waals surface area contributed by atoms with Gasteiger partial charge in [0.25, 0.3) is 5.91 Å². The molecule has 1 aromatic heterocycles. The van der Waals surface area contributed by atoms with Crippen LogP contribution >= 0.6 is 0 Å². The van der Waals surface area contributed by atoms with Gasteiger partial charge < -0.3 is 10.6 Å². The highest BCUT2D eigenvalue weighted by atomic mass is 16.2. The quantitative estimate of drug-likeness (QED) is 0.868. The second-order valence-electron chi connectivity index (χ2n) is 5.12. The van der Waals surface area contributed by atoms with Gasteiger partial charge in [-0.3, -0.25) is 4.79 Å². The Labute approximate surface area is 108 Å². The SMILES string of the molecule is CCCN(CC1CC1)C(=O)c1cc(C)nc(N)c1. The van der Waals surface area contributed by atoms with E-state index in [0.717, 1.165) is 25.2 Å². The van der Waals surface area contributed by atoms with Gasteiger partial charge in [0.1, 0.15) is 5.82 Å². The molecule has 1 amide bonds. The predicted octanol–water partition coefficient (Wildman–Crippen LogP) is 2.23. The first kappa shape index (κ1) is 12.9. The van der Waals surface area contributed by atoms with Crippen molar-refractivity contribution in [3.63, 3.8) is 0 Å². The van der Waals surface area contributed by atoms with E-state index in [0.29, 0.717) is 17.3 Å². The van der Waals surface area contributed by atoms with Crippen LogP contribution in [-0.4, -0.2) is 28.9 Å². The molecule has 2 N–H and O–H groups in total. The fourth-order valence-electron chi connectivity index (χ4n) is 2.16. The lowest BCUT2D eigenvalue weighted by Gasteiger charge is -2.22. The standard InChI is InChI=1S/C14H21N3O/c1-3-6-17(9-11-4-5-11)14(18)12-7-10(2)16-13(15)8-12/h7-8,11H,3-6,9H2,1-2H3,(H2,15,16). The maximum absolute atomic E-state index is 12.4. The second-order valence-corrected chi connectivity index (χ2v) is 5.12. The van der Waals surface area contributed by atoms with E-state index in [4.69, 9.17) is 5.73 Å². The average Bonchev–Trinajstić information content (AvgIpc) is 3.10. The van der Waals surface area contributed by atoms with Crippen molar-refractivity contribution in [1.82, 2.24) is 9.88 Å². The highest BCUT2D eigenvalue weighted by molar-refractivity contribution is 5.95. The molecule has 0 aromatic carbocycles. The molecule has 0 unspecified atom stereocenters. The molecule has 1 fully saturated rings. The molecule has 1 aromatic rings. The number of anilines is 1. The molecule has 1 aliphatic carbocycles. The Morgan fingerprint density at radius 2 is 2.22 bits per heavy atom. The van der Waals surface area contributed by atoms with Crippen LogP contribution in [-0.2, 0) is 0 Å². The summed E-state index contributed by atoms with van der Waals surface area (Å²) in [6.07, 6.45) is 3.49. The third-order valence-corrected chi connectivity index (χ3v) is 3.18. The number of carbonyl (C=O) groups is 1. The topological polar surface area (TPSA) is 59.2 Å². The number of aromatic nitrogens is 1. The third kappa shape index (κ3) is 3.22. The van der Waals surface area contributed by atoms with Crippen LogP contribution in [0.25, 0.3) is 0 Å². The van der Waals surface area contributed by atoms with Gasteiger partial charge in [-0.1, -0.05) is 6.92 Å². The summed E-state index contributed by atoms with van der Waals surface area (Å²) in [5.74, 6) is 1.21. The lowest BCUT2D eigenvalue weighted by atomic mass is 10.2. The number of hydrogen-bond donors (Lipinski definition) is 1. The summed E-state index contributed by atoms with van der Waals surface area (Å²) in [6.45, 7) is 5.65. The van der Waals surface area contributed by atoms with Crippen LogP contribution in [0.1, 0.15) is 42.2 Å². The molecule has 0 saturated heterocycles. The minimum Gasteiger partial charge on any atom is -0.384 e. The Morgan fingerprint density at radius 1 is 1.50 bits per heavy atom. The second kappa shape index (κ2) is 5.38. The molecule has 0 aliphatic heterocycles. The number of aryl methyl sites for hydroxylation is 1. The van der Waals surface area contributed by atoms with Crippen molar-refractivity contribution in [3.05, 3.63) is 23.4 Å². The molecule has 0 spiro atoms. The molecule has 0 radical (unpaired) electrons. The molecular weight excluding hydrogens is 226 g/mol. The summed E-state index contributed by atoms with van der Waals surface area (Å²) in [6, 6.07) is 3.49. The minimum absolute atomic E-state index is 0.0842. The van der Waals surface area contributed by atoms with Crippen molar-refractivity contribution in [3.8, 4) is 0 Å². The predicted molar refractivity (Wildman–Crippen MR) is 72.3 cm³/mol. The molecule has 2 rings (SSSR count). The van der Waals surface area contributed by atoms with Gasteiger partial charge in [0.15, 0.2) is 0 Å². The first-order chi connectivity index (χ1) is 8.60. The lowest BCUT2D eigenvalue weighted by molar-refractivity contribution is 0.0747. The van der Waals surface area contributed by atoms with Crippen LogP contribution in [0.15, 0.2) is 12.1 Å². The summed E-state index contributed by atoms with van der Waals surface area (Å²) in [4.78, 5) is 18.5. The van der Waals surface area contributed by atoms with Crippen molar-refractivity contribution in [2.75, 3.05) is 18.8 Å². The number of pyridine rings is 1. The van der Waals surface area contributed by atoms with Crippen molar-refractivity contribution >= 4 is 11.7 Å². The highest BCUT2D eigenvalue weighted by Crippen LogP contribution is 2.30. The van der Waals surface area contributed by atoms with E-state index in [-0.39, 0.29) is 5.91 Å². The Hall–Kier alpha value is -1.58. The van der Waals surface area contributed by atoms with Gasteiger partial charge in [0.05, 0.1) is 0 Å². The number of nitrogens with two attached hydrogens (primary N) is 1. The number of nitrogen functional groups attached to an aromatic ring is 1. The molecule has 4 heteroatoms. The molecule has 0 bridgehead atoms. The normalized spacial score (nSPS) is 14.6. The smallest absolute Gasteiger partial charge is 0.254 e. The van der Waals surface area contributed by atoms with Gasteiger partial charge in [-0.15, -0.1) is 0 Å². The maximum atomic E-state index is 12.4. The summed E-state index contributed by atoms with van der Waals surface area (Å²) in [5.41, 5.74) is 7.16. The molecule has 1 aliphatic rings. The molecule has 1 saturated carbocycles. The van der Waals surface area contributed by atoms with Gasteiger partial charge >= 0.3 is 0 Å². The summed E-state index contributed by atoms with van der Waals surface area (Å²) < 4.78 is 0. The van der Waals surface area contributed by atoms with Gasteiger partial charge in [0.2, 0.25) is 0 Å². The van der Waals surface area contributed by atoms with E-state index in [1.807, 2.05) is 17.9 Å². The zero-order valence-electron chi connectivity index (χ0n) is 11.1. The number of hydrogen-bond acceptors (Lipinski definition) is 3. The first-order valence-electron chi connectivity index (χ1n) is 6.63. The zero-order chi connectivity index (χ0) is 13.1. The van der Waals surface area contributed by atoms with Crippen molar-refractivity contribution < 1.29 is 4.79 Å².